The molecule has 3 aromatic carbocycles. The minimum absolute atomic E-state index is 0.188. The average Bonchev–Trinajstić information content (AvgIpc) is 2.72. The molecular weight excluding hydrogens is 368 g/mol. The van der Waals surface area contributed by atoms with Gasteiger partial charge in [-0.2, -0.15) is 0 Å². The number of carbonyl (C=O) groups is 3. The van der Waals surface area contributed by atoms with E-state index in [2.05, 4.69) is 16.0 Å². The van der Waals surface area contributed by atoms with Crippen LogP contribution < -0.4 is 21.7 Å². The fraction of sp³-hybridized carbons (Fsp3) is 0.0455. The van der Waals surface area contributed by atoms with Gasteiger partial charge in [0, 0.05) is 16.9 Å². The molecular formula is C22H20N4O3. The Hall–Kier alpha value is -4.13. The Bertz CT molecular complexity index is 1020. The molecule has 0 atom stereocenters. The van der Waals surface area contributed by atoms with E-state index in [1.807, 2.05) is 42.5 Å². The van der Waals surface area contributed by atoms with E-state index in [0.29, 0.717) is 16.9 Å². The number of carbonyl (C=O) groups excluding carboxylic acids is 3. The van der Waals surface area contributed by atoms with Crippen molar-refractivity contribution in [3.05, 3.63) is 84.4 Å². The Morgan fingerprint density at radius 2 is 1.34 bits per heavy atom. The largest absolute Gasteiger partial charge is 0.351 e. The summed E-state index contributed by atoms with van der Waals surface area (Å²) in [6.45, 7) is -0.188. The number of amides is 4. The van der Waals surface area contributed by atoms with E-state index < -0.39 is 11.9 Å². The van der Waals surface area contributed by atoms with Crippen LogP contribution in [-0.2, 0) is 4.79 Å². The van der Waals surface area contributed by atoms with Crippen LogP contribution in [0.5, 0.6) is 0 Å². The SMILES string of the molecule is NC(=O)Nc1cccc(NC(=O)CNC(=O)c2ccc(-c3ccccc3)cc2)c1. The lowest BCUT2D eigenvalue weighted by Gasteiger charge is -2.09. The first kappa shape index (κ1) is 19.6. The van der Waals surface area contributed by atoms with Gasteiger partial charge in [0.1, 0.15) is 0 Å². The van der Waals surface area contributed by atoms with Gasteiger partial charge in [-0.15, -0.1) is 0 Å². The third-order valence-corrected chi connectivity index (χ3v) is 4.08. The van der Waals surface area contributed by atoms with E-state index >= 15 is 0 Å². The number of anilines is 2. The highest BCUT2D eigenvalue weighted by atomic mass is 16.2. The summed E-state index contributed by atoms with van der Waals surface area (Å²) in [4.78, 5) is 35.2. The van der Waals surface area contributed by atoms with Crippen LogP contribution in [0, 0.1) is 0 Å². The quantitative estimate of drug-likeness (QED) is 0.520. The van der Waals surface area contributed by atoms with Crippen LogP contribution in [-0.4, -0.2) is 24.4 Å². The van der Waals surface area contributed by atoms with E-state index in [4.69, 9.17) is 5.73 Å². The van der Waals surface area contributed by atoms with Crippen molar-refractivity contribution >= 4 is 29.2 Å². The number of benzene rings is 3. The van der Waals surface area contributed by atoms with Crippen LogP contribution >= 0.6 is 0 Å². The summed E-state index contributed by atoms with van der Waals surface area (Å²) in [7, 11) is 0. The molecule has 0 heterocycles. The van der Waals surface area contributed by atoms with Crippen molar-refractivity contribution in [2.45, 2.75) is 0 Å². The summed E-state index contributed by atoms with van der Waals surface area (Å²) < 4.78 is 0. The van der Waals surface area contributed by atoms with Crippen LogP contribution in [0.3, 0.4) is 0 Å². The van der Waals surface area contributed by atoms with E-state index in [-0.39, 0.29) is 12.5 Å². The predicted octanol–water partition coefficient (Wildman–Crippen LogP) is 3.21. The van der Waals surface area contributed by atoms with Crippen molar-refractivity contribution in [3.63, 3.8) is 0 Å². The predicted molar refractivity (Wildman–Crippen MR) is 112 cm³/mol. The van der Waals surface area contributed by atoms with Crippen molar-refractivity contribution < 1.29 is 14.4 Å². The molecule has 146 valence electrons. The first-order valence-electron chi connectivity index (χ1n) is 8.91. The molecule has 0 radical (unpaired) electrons. The third-order valence-electron chi connectivity index (χ3n) is 4.08. The molecule has 0 saturated carbocycles. The summed E-state index contributed by atoms with van der Waals surface area (Å²) in [5.41, 5.74) is 8.53. The van der Waals surface area contributed by atoms with E-state index in [0.717, 1.165) is 11.1 Å². The molecule has 3 rings (SSSR count). The molecule has 3 aromatic rings. The zero-order valence-electron chi connectivity index (χ0n) is 15.5. The molecule has 0 aromatic heterocycles. The number of hydrogen-bond donors (Lipinski definition) is 4. The Kier molecular flexibility index (Phi) is 6.22. The molecule has 0 bridgehead atoms. The van der Waals surface area contributed by atoms with E-state index in [9.17, 15) is 14.4 Å². The summed E-state index contributed by atoms with van der Waals surface area (Å²) in [6.07, 6.45) is 0. The minimum atomic E-state index is -0.695. The summed E-state index contributed by atoms with van der Waals surface area (Å²) in [6, 6.07) is 22.8. The number of urea groups is 1. The number of nitrogens with one attached hydrogen (secondary N) is 3. The highest BCUT2D eigenvalue weighted by Crippen LogP contribution is 2.19. The van der Waals surface area contributed by atoms with Crippen molar-refractivity contribution in [2.24, 2.45) is 5.73 Å². The molecule has 7 nitrogen and oxygen atoms in total. The monoisotopic (exact) mass is 388 g/mol. The molecule has 0 unspecified atom stereocenters. The zero-order valence-corrected chi connectivity index (χ0v) is 15.5. The van der Waals surface area contributed by atoms with Gasteiger partial charge in [-0.25, -0.2) is 4.79 Å². The number of primary amides is 1. The third kappa shape index (κ3) is 5.67. The molecule has 5 N–H and O–H groups in total. The van der Waals surface area contributed by atoms with Crippen molar-refractivity contribution in [3.8, 4) is 11.1 Å². The van der Waals surface area contributed by atoms with Gasteiger partial charge in [0.05, 0.1) is 6.54 Å². The van der Waals surface area contributed by atoms with Crippen molar-refractivity contribution in [1.29, 1.82) is 0 Å². The van der Waals surface area contributed by atoms with Crippen molar-refractivity contribution in [1.82, 2.24) is 5.32 Å². The fourth-order valence-corrected chi connectivity index (χ4v) is 2.73. The van der Waals surface area contributed by atoms with Gasteiger partial charge in [-0.3, -0.25) is 9.59 Å². The van der Waals surface area contributed by atoms with Crippen LogP contribution in [0.2, 0.25) is 0 Å². The Morgan fingerprint density at radius 1 is 0.724 bits per heavy atom. The fourth-order valence-electron chi connectivity index (χ4n) is 2.73. The lowest BCUT2D eigenvalue weighted by molar-refractivity contribution is -0.115. The minimum Gasteiger partial charge on any atom is -0.351 e. The van der Waals surface area contributed by atoms with E-state index in [1.54, 1.807) is 36.4 Å². The highest BCUT2D eigenvalue weighted by Gasteiger charge is 2.09. The maximum atomic E-state index is 12.3. The first-order chi connectivity index (χ1) is 14.0. The van der Waals surface area contributed by atoms with Gasteiger partial charge >= 0.3 is 6.03 Å². The second-order valence-corrected chi connectivity index (χ2v) is 6.24. The van der Waals surface area contributed by atoms with Gasteiger partial charge in [-0.05, 0) is 41.5 Å². The van der Waals surface area contributed by atoms with Gasteiger partial charge in [0.25, 0.3) is 5.91 Å². The smallest absolute Gasteiger partial charge is 0.316 e. The molecule has 0 aliphatic rings. The standard InChI is InChI=1S/C22H20N4O3/c23-22(29)26-19-8-4-7-18(13-19)25-20(27)14-24-21(28)17-11-9-16(10-12-17)15-5-2-1-3-6-15/h1-13H,14H2,(H,24,28)(H,25,27)(H3,23,26,29). The molecule has 0 spiro atoms. The summed E-state index contributed by atoms with van der Waals surface area (Å²) >= 11 is 0. The topological polar surface area (TPSA) is 113 Å². The Morgan fingerprint density at radius 3 is 2.00 bits per heavy atom. The summed E-state index contributed by atoms with van der Waals surface area (Å²) in [5.74, 6) is -0.737. The van der Waals surface area contributed by atoms with Gasteiger partial charge in [0.2, 0.25) is 5.91 Å². The van der Waals surface area contributed by atoms with Crippen molar-refractivity contribution in [2.75, 3.05) is 17.2 Å². The Labute approximate surface area is 167 Å². The zero-order chi connectivity index (χ0) is 20.6. The normalized spacial score (nSPS) is 10.1. The molecule has 0 saturated heterocycles. The molecule has 4 amide bonds. The maximum Gasteiger partial charge on any atom is 0.316 e. The van der Waals surface area contributed by atoms with Crippen LogP contribution in [0.25, 0.3) is 11.1 Å². The number of nitrogens with two attached hydrogens (primary N) is 1. The van der Waals surface area contributed by atoms with Gasteiger partial charge in [0.15, 0.2) is 0 Å². The first-order valence-corrected chi connectivity index (χ1v) is 8.91. The molecule has 7 heteroatoms. The maximum absolute atomic E-state index is 12.3. The highest BCUT2D eigenvalue weighted by molar-refractivity contribution is 6.00. The van der Waals surface area contributed by atoms with Crippen LogP contribution in [0.15, 0.2) is 78.9 Å². The Balaban J connectivity index is 1.54. The number of rotatable bonds is 6. The lowest BCUT2D eigenvalue weighted by atomic mass is 10.0. The van der Waals surface area contributed by atoms with Gasteiger partial charge in [-0.1, -0.05) is 48.5 Å². The molecule has 0 aliphatic heterocycles. The molecule has 0 aliphatic carbocycles. The van der Waals surface area contributed by atoms with E-state index in [1.165, 1.54) is 0 Å². The molecule has 29 heavy (non-hydrogen) atoms. The second-order valence-electron chi connectivity index (χ2n) is 6.24. The average molecular weight is 388 g/mol. The van der Waals surface area contributed by atoms with Gasteiger partial charge < -0.3 is 21.7 Å². The van der Waals surface area contributed by atoms with Crippen LogP contribution in [0.1, 0.15) is 10.4 Å². The van der Waals surface area contributed by atoms with Crippen LogP contribution in [0.4, 0.5) is 16.2 Å². The summed E-state index contributed by atoms with van der Waals surface area (Å²) in [5, 5.41) is 7.66. The second kappa shape index (κ2) is 9.18. The lowest BCUT2D eigenvalue weighted by Crippen LogP contribution is -2.32. The molecule has 0 fully saturated rings. The number of hydrogen-bond acceptors (Lipinski definition) is 3.